The monoisotopic (exact) mass is 483 g/mol. The molecule has 0 amide bonds. The fourth-order valence-corrected chi connectivity index (χ4v) is 5.96. The van der Waals surface area contributed by atoms with Crippen molar-refractivity contribution in [1.82, 2.24) is 10.1 Å². The molecule has 0 radical (unpaired) electrons. The van der Waals surface area contributed by atoms with Crippen molar-refractivity contribution in [2.24, 2.45) is 5.41 Å². The fourth-order valence-electron chi connectivity index (χ4n) is 5.96. The van der Waals surface area contributed by atoms with Gasteiger partial charge in [0, 0.05) is 41.3 Å². The lowest BCUT2D eigenvalue weighted by Gasteiger charge is -2.47. The molecule has 0 bridgehead atoms. The number of anilines is 1. The molecule has 3 aliphatic rings. The van der Waals surface area contributed by atoms with Crippen molar-refractivity contribution in [1.29, 1.82) is 0 Å². The van der Waals surface area contributed by atoms with Gasteiger partial charge in [-0.25, -0.2) is 8.78 Å². The Morgan fingerprint density at radius 2 is 1.72 bits per heavy atom. The first-order valence-electron chi connectivity index (χ1n) is 12.8. The second-order valence-corrected chi connectivity index (χ2v) is 10.7. The van der Waals surface area contributed by atoms with Crippen LogP contribution in [0.25, 0.3) is 27.7 Å². The van der Waals surface area contributed by atoms with Crippen LogP contribution < -0.4 is 4.90 Å². The third-order valence-electron chi connectivity index (χ3n) is 8.15. The number of allylic oxidation sites excluding steroid dienone is 2. The minimum atomic E-state index is -0.601. The second kappa shape index (κ2) is 7.99. The van der Waals surface area contributed by atoms with Gasteiger partial charge in [-0.2, -0.15) is 0 Å². The normalized spacial score (nSPS) is 19.0. The van der Waals surface area contributed by atoms with E-state index in [9.17, 15) is 8.78 Å². The molecule has 1 aliphatic heterocycles. The Balaban J connectivity index is 1.15. The number of piperidine rings is 1. The number of nitrogens with zero attached hydrogens (tertiary/aromatic N) is 3. The second-order valence-electron chi connectivity index (χ2n) is 10.7. The molecule has 0 N–H and O–H groups in total. The maximum absolute atomic E-state index is 14.6. The van der Waals surface area contributed by atoms with Crippen LogP contribution in [0.3, 0.4) is 0 Å². The van der Waals surface area contributed by atoms with E-state index in [-0.39, 0.29) is 11.0 Å². The highest BCUT2D eigenvalue weighted by atomic mass is 19.1. The molecule has 182 valence electrons. The molecule has 1 saturated heterocycles. The van der Waals surface area contributed by atoms with E-state index in [0.717, 1.165) is 78.7 Å². The smallest absolute Gasteiger partial charge is 0.147 e. The van der Waals surface area contributed by atoms with Crippen LogP contribution in [0.15, 0.2) is 59.1 Å². The number of hydrogen-bond acceptors (Lipinski definition) is 4. The van der Waals surface area contributed by atoms with Crippen molar-refractivity contribution in [3.63, 3.8) is 0 Å². The topological polar surface area (TPSA) is 42.2 Å². The summed E-state index contributed by atoms with van der Waals surface area (Å²) in [7, 11) is 0. The van der Waals surface area contributed by atoms with Gasteiger partial charge in [-0.15, -0.1) is 0 Å². The summed E-state index contributed by atoms with van der Waals surface area (Å²) in [6, 6.07) is 14.7. The lowest BCUT2D eigenvalue weighted by atomic mass is 9.63. The molecule has 2 aromatic carbocycles. The third-order valence-corrected chi connectivity index (χ3v) is 8.15. The van der Waals surface area contributed by atoms with Crippen LogP contribution in [-0.2, 0) is 0 Å². The quantitative estimate of drug-likeness (QED) is 0.303. The lowest BCUT2D eigenvalue weighted by Crippen LogP contribution is -2.42. The number of hydrogen-bond donors (Lipinski definition) is 0. The molecule has 2 fully saturated rings. The Labute approximate surface area is 208 Å². The van der Waals surface area contributed by atoms with Gasteiger partial charge in [0.15, 0.2) is 0 Å². The largest absolute Gasteiger partial charge is 0.371 e. The number of fused-ring (bicyclic) bond motifs is 1. The minimum Gasteiger partial charge on any atom is -0.371 e. The number of pyridine rings is 1. The van der Waals surface area contributed by atoms with Crippen LogP contribution in [-0.4, -0.2) is 23.2 Å². The Morgan fingerprint density at radius 1 is 0.972 bits per heavy atom. The van der Waals surface area contributed by atoms with Gasteiger partial charge >= 0.3 is 0 Å². The van der Waals surface area contributed by atoms with Gasteiger partial charge < -0.3 is 9.42 Å². The average molecular weight is 484 g/mol. The Hall–Kier alpha value is -3.54. The van der Waals surface area contributed by atoms with Crippen molar-refractivity contribution in [2.45, 2.75) is 44.9 Å². The molecule has 0 atom stereocenters. The maximum atomic E-state index is 14.6. The lowest BCUT2D eigenvalue weighted by molar-refractivity contribution is 0.277. The van der Waals surface area contributed by atoms with E-state index in [1.54, 1.807) is 0 Å². The van der Waals surface area contributed by atoms with Crippen LogP contribution in [0.2, 0.25) is 0 Å². The Bertz CT molecular complexity index is 1510. The minimum absolute atomic E-state index is 0.0826. The van der Waals surface area contributed by atoms with E-state index in [2.05, 4.69) is 51.4 Å². The molecule has 1 spiro atoms. The van der Waals surface area contributed by atoms with E-state index in [1.165, 1.54) is 23.9 Å². The van der Waals surface area contributed by atoms with Gasteiger partial charge in [0.2, 0.25) is 0 Å². The van der Waals surface area contributed by atoms with Gasteiger partial charge in [0.25, 0.3) is 0 Å². The molecule has 2 aromatic heterocycles. The van der Waals surface area contributed by atoms with Gasteiger partial charge in [0.05, 0.1) is 11.1 Å². The van der Waals surface area contributed by atoms with Crippen molar-refractivity contribution >= 4 is 22.2 Å². The van der Waals surface area contributed by atoms with Gasteiger partial charge in [-0.1, -0.05) is 23.4 Å². The first-order chi connectivity index (χ1) is 17.5. The summed E-state index contributed by atoms with van der Waals surface area (Å²) in [6.07, 6.45) is 7.40. The standard InChI is InChI=1S/C30H27F2N3O/c1-18-5-6-20-15-22(9-10-25(20)33-18)35-13-11-30(12-14-35)16-21(17-30)26-28(34-36-29(26)19-7-8-19)27-23(31)3-2-4-24(27)32/h2-6,9-10,15-16,19H,7-8,11-14,17H2,1H3. The molecule has 3 heterocycles. The molecule has 36 heavy (non-hydrogen) atoms. The zero-order valence-electron chi connectivity index (χ0n) is 20.2. The molecule has 1 saturated carbocycles. The molecule has 4 nitrogen and oxygen atoms in total. The summed E-state index contributed by atoms with van der Waals surface area (Å²) < 4.78 is 35.0. The van der Waals surface area contributed by atoms with Crippen LogP contribution in [0, 0.1) is 24.0 Å². The summed E-state index contributed by atoms with van der Waals surface area (Å²) in [5, 5.41) is 5.34. The first kappa shape index (κ1) is 21.7. The van der Waals surface area contributed by atoms with Crippen molar-refractivity contribution < 1.29 is 13.3 Å². The Morgan fingerprint density at radius 3 is 2.44 bits per heavy atom. The Kier molecular flexibility index (Phi) is 4.82. The summed E-state index contributed by atoms with van der Waals surface area (Å²) in [6.45, 7) is 3.96. The zero-order valence-corrected chi connectivity index (χ0v) is 20.2. The highest BCUT2D eigenvalue weighted by Gasteiger charge is 2.44. The molecular weight excluding hydrogens is 456 g/mol. The van der Waals surface area contributed by atoms with Crippen LogP contribution in [0.1, 0.15) is 55.0 Å². The summed E-state index contributed by atoms with van der Waals surface area (Å²) in [5.41, 5.74) is 5.60. The maximum Gasteiger partial charge on any atom is 0.147 e. The van der Waals surface area contributed by atoms with Crippen LogP contribution >= 0.6 is 0 Å². The van der Waals surface area contributed by atoms with Crippen molar-refractivity contribution in [3.05, 3.63) is 83.3 Å². The zero-order chi connectivity index (χ0) is 24.4. The molecule has 4 aromatic rings. The number of aryl methyl sites for hydroxylation is 1. The number of rotatable bonds is 4. The predicted octanol–water partition coefficient (Wildman–Crippen LogP) is 7.43. The van der Waals surface area contributed by atoms with Gasteiger partial charge in [-0.05, 0) is 86.4 Å². The van der Waals surface area contributed by atoms with Crippen molar-refractivity contribution in [2.75, 3.05) is 18.0 Å². The predicted molar refractivity (Wildman–Crippen MR) is 137 cm³/mol. The van der Waals surface area contributed by atoms with E-state index >= 15 is 0 Å². The molecule has 7 rings (SSSR count). The highest BCUT2D eigenvalue weighted by Crippen LogP contribution is 2.56. The molecule has 0 unspecified atom stereocenters. The number of aromatic nitrogens is 2. The fraction of sp³-hybridized carbons (Fsp3) is 0.333. The summed E-state index contributed by atoms with van der Waals surface area (Å²) in [4.78, 5) is 7.07. The number of benzene rings is 2. The third kappa shape index (κ3) is 3.54. The molecule has 6 heteroatoms. The van der Waals surface area contributed by atoms with Gasteiger partial charge in [-0.3, -0.25) is 4.98 Å². The average Bonchev–Trinajstić information content (AvgIpc) is 3.62. The molecular formula is C30H27F2N3O. The SMILES string of the molecule is Cc1ccc2cc(N3CCC4(C=C(c5c(-c6c(F)cccc6F)noc5C5CC5)C4)CC3)ccc2n1. The summed E-state index contributed by atoms with van der Waals surface area (Å²) >= 11 is 0. The van der Waals surface area contributed by atoms with Crippen molar-refractivity contribution in [3.8, 4) is 11.3 Å². The summed E-state index contributed by atoms with van der Waals surface area (Å²) in [5.74, 6) is -0.0982. The highest BCUT2D eigenvalue weighted by molar-refractivity contribution is 5.85. The van der Waals surface area contributed by atoms with E-state index in [0.29, 0.717) is 11.6 Å². The van der Waals surface area contributed by atoms with Gasteiger partial charge in [0.1, 0.15) is 23.1 Å². The van der Waals surface area contributed by atoms with E-state index in [1.807, 2.05) is 6.92 Å². The van der Waals surface area contributed by atoms with E-state index in [4.69, 9.17) is 4.52 Å². The number of halogens is 2. The van der Waals surface area contributed by atoms with Crippen LogP contribution in [0.4, 0.5) is 14.5 Å². The van der Waals surface area contributed by atoms with Crippen LogP contribution in [0.5, 0.6) is 0 Å². The first-order valence-corrected chi connectivity index (χ1v) is 12.8. The molecule has 2 aliphatic carbocycles. The van der Waals surface area contributed by atoms with E-state index < -0.39 is 11.6 Å².